The van der Waals surface area contributed by atoms with E-state index >= 15 is 0 Å². The Labute approximate surface area is 90.7 Å². The van der Waals surface area contributed by atoms with Gasteiger partial charge in [-0.1, -0.05) is 11.6 Å². The summed E-state index contributed by atoms with van der Waals surface area (Å²) in [5, 5.41) is 17.8. The van der Waals surface area contributed by atoms with Crippen LogP contribution in [-0.4, -0.2) is 30.8 Å². The highest BCUT2D eigenvalue weighted by Gasteiger charge is 2.32. The van der Waals surface area contributed by atoms with Gasteiger partial charge in [0.2, 0.25) is 0 Å². The smallest absolute Gasteiger partial charge is 0.165 e. The van der Waals surface area contributed by atoms with Crippen molar-refractivity contribution in [3.8, 4) is 0 Å². The van der Waals surface area contributed by atoms with Crippen LogP contribution >= 0.6 is 11.6 Å². The molecular weight excluding hydrogens is 216 g/mol. The lowest BCUT2D eigenvalue weighted by atomic mass is 9.82. The predicted molar refractivity (Wildman–Crippen MR) is 53.8 cm³/mol. The van der Waals surface area contributed by atoms with E-state index in [1.807, 2.05) is 4.40 Å². The molecule has 0 aromatic carbocycles. The van der Waals surface area contributed by atoms with Gasteiger partial charge in [-0.15, -0.1) is 10.2 Å². The molecule has 2 aromatic rings. The predicted octanol–water partition coefficient (Wildman–Crippen LogP) is 1.02. The molecule has 6 heteroatoms. The molecular formula is C9H9ClN4O. The largest absolute Gasteiger partial charge is 0.393 e. The van der Waals surface area contributed by atoms with Gasteiger partial charge in [0.25, 0.3) is 0 Å². The highest BCUT2D eigenvalue weighted by Crippen LogP contribution is 2.35. The number of rotatable bonds is 1. The van der Waals surface area contributed by atoms with Crippen molar-refractivity contribution in [3.05, 3.63) is 23.4 Å². The maximum atomic E-state index is 9.24. The molecule has 0 aliphatic heterocycles. The summed E-state index contributed by atoms with van der Waals surface area (Å²) in [7, 11) is 0. The van der Waals surface area contributed by atoms with Crippen molar-refractivity contribution in [2.45, 2.75) is 24.9 Å². The average molecular weight is 225 g/mol. The third-order valence-electron chi connectivity index (χ3n) is 2.77. The van der Waals surface area contributed by atoms with Crippen molar-refractivity contribution in [1.29, 1.82) is 0 Å². The molecule has 0 saturated heterocycles. The molecule has 0 unspecified atom stereocenters. The van der Waals surface area contributed by atoms with Crippen molar-refractivity contribution in [3.63, 3.8) is 0 Å². The van der Waals surface area contributed by atoms with Crippen molar-refractivity contribution < 1.29 is 5.11 Å². The lowest BCUT2D eigenvalue weighted by Crippen LogP contribution is -2.27. The Balaban J connectivity index is 2.05. The van der Waals surface area contributed by atoms with E-state index in [2.05, 4.69) is 15.2 Å². The average Bonchev–Trinajstić information content (AvgIpc) is 2.55. The van der Waals surface area contributed by atoms with Gasteiger partial charge in [-0.05, 0) is 12.8 Å². The van der Waals surface area contributed by atoms with E-state index in [0.717, 1.165) is 18.7 Å². The molecule has 1 fully saturated rings. The number of halogens is 1. The van der Waals surface area contributed by atoms with Crippen molar-refractivity contribution in [2.24, 2.45) is 0 Å². The number of hydrogen-bond acceptors (Lipinski definition) is 4. The Bertz CT molecular complexity index is 506. The van der Waals surface area contributed by atoms with Crippen LogP contribution in [0.5, 0.6) is 0 Å². The normalized spacial score (nSPS) is 25.5. The van der Waals surface area contributed by atoms with E-state index in [-0.39, 0.29) is 12.0 Å². The molecule has 1 aliphatic carbocycles. The summed E-state index contributed by atoms with van der Waals surface area (Å²) in [4.78, 5) is 3.99. The minimum atomic E-state index is -0.192. The monoisotopic (exact) mass is 224 g/mol. The van der Waals surface area contributed by atoms with Gasteiger partial charge in [-0.2, -0.15) is 0 Å². The molecule has 1 saturated carbocycles. The fraction of sp³-hybridized carbons (Fsp3) is 0.444. The number of nitrogens with zero attached hydrogens (tertiary/aromatic N) is 4. The molecule has 0 amide bonds. The fourth-order valence-electron chi connectivity index (χ4n) is 1.87. The number of aromatic nitrogens is 4. The second-order valence-electron chi connectivity index (χ2n) is 3.82. The minimum absolute atomic E-state index is 0.192. The van der Waals surface area contributed by atoms with Crippen molar-refractivity contribution in [1.82, 2.24) is 19.6 Å². The number of hydrogen-bond donors (Lipinski definition) is 1. The lowest BCUT2D eigenvalue weighted by Gasteiger charge is -2.29. The van der Waals surface area contributed by atoms with Gasteiger partial charge >= 0.3 is 0 Å². The zero-order valence-corrected chi connectivity index (χ0v) is 8.59. The first-order chi connectivity index (χ1) is 7.24. The van der Waals surface area contributed by atoms with E-state index in [0.29, 0.717) is 10.8 Å². The SMILES string of the molecule is OC1CC(c2nnc3cc(Cl)ncn23)C1. The molecule has 15 heavy (non-hydrogen) atoms. The highest BCUT2D eigenvalue weighted by molar-refractivity contribution is 6.29. The zero-order chi connectivity index (χ0) is 10.4. The standard InChI is InChI=1S/C9H9ClN4O/c10-7-3-8-12-13-9(14(8)4-11-7)5-1-6(15)2-5/h3-6,15H,1-2H2. The quantitative estimate of drug-likeness (QED) is 0.735. The van der Waals surface area contributed by atoms with Gasteiger partial charge in [-0.25, -0.2) is 4.98 Å². The summed E-state index contributed by atoms with van der Waals surface area (Å²) in [6.07, 6.45) is 2.94. The van der Waals surface area contributed by atoms with E-state index in [9.17, 15) is 5.11 Å². The van der Waals surface area contributed by atoms with Gasteiger partial charge in [0.1, 0.15) is 17.3 Å². The molecule has 2 aromatic heterocycles. The van der Waals surface area contributed by atoms with Crippen LogP contribution in [0.25, 0.3) is 5.65 Å². The van der Waals surface area contributed by atoms with Gasteiger partial charge < -0.3 is 5.11 Å². The van der Waals surface area contributed by atoms with Crippen molar-refractivity contribution in [2.75, 3.05) is 0 Å². The van der Waals surface area contributed by atoms with E-state index in [4.69, 9.17) is 11.6 Å². The molecule has 1 N–H and O–H groups in total. The maximum Gasteiger partial charge on any atom is 0.165 e. The molecule has 1 aliphatic rings. The molecule has 2 heterocycles. The number of fused-ring (bicyclic) bond motifs is 1. The van der Waals surface area contributed by atoms with Gasteiger partial charge in [-0.3, -0.25) is 4.40 Å². The Kier molecular flexibility index (Phi) is 1.90. The third-order valence-corrected chi connectivity index (χ3v) is 2.98. The van der Waals surface area contributed by atoms with E-state index < -0.39 is 0 Å². The fourth-order valence-corrected chi connectivity index (χ4v) is 2.01. The topological polar surface area (TPSA) is 63.3 Å². The second-order valence-corrected chi connectivity index (χ2v) is 4.21. The summed E-state index contributed by atoms with van der Waals surface area (Å²) in [6.45, 7) is 0. The van der Waals surface area contributed by atoms with Gasteiger partial charge in [0.15, 0.2) is 5.65 Å². The number of aliphatic hydroxyl groups excluding tert-OH is 1. The first-order valence-electron chi connectivity index (χ1n) is 4.78. The molecule has 0 radical (unpaired) electrons. The number of aliphatic hydroxyl groups is 1. The molecule has 3 rings (SSSR count). The van der Waals surface area contributed by atoms with Crippen LogP contribution in [-0.2, 0) is 0 Å². The van der Waals surface area contributed by atoms with Crippen LogP contribution < -0.4 is 0 Å². The van der Waals surface area contributed by atoms with Crippen LogP contribution in [0.1, 0.15) is 24.6 Å². The Hall–Kier alpha value is -1.20. The van der Waals surface area contributed by atoms with Crippen LogP contribution in [0.4, 0.5) is 0 Å². The van der Waals surface area contributed by atoms with Crippen LogP contribution in [0.15, 0.2) is 12.4 Å². The summed E-state index contributed by atoms with van der Waals surface area (Å²) >= 11 is 5.75. The second kappa shape index (κ2) is 3.15. The Morgan fingerprint density at radius 2 is 2.20 bits per heavy atom. The summed E-state index contributed by atoms with van der Waals surface area (Å²) in [5.41, 5.74) is 0.700. The van der Waals surface area contributed by atoms with Crippen LogP contribution in [0.2, 0.25) is 5.15 Å². The first-order valence-corrected chi connectivity index (χ1v) is 5.16. The zero-order valence-electron chi connectivity index (χ0n) is 7.84. The summed E-state index contributed by atoms with van der Waals surface area (Å²) in [6, 6.07) is 1.67. The van der Waals surface area contributed by atoms with Crippen molar-refractivity contribution >= 4 is 17.2 Å². The van der Waals surface area contributed by atoms with Gasteiger partial charge in [0, 0.05) is 12.0 Å². The highest BCUT2D eigenvalue weighted by atomic mass is 35.5. The Morgan fingerprint density at radius 3 is 2.93 bits per heavy atom. The Morgan fingerprint density at radius 1 is 1.40 bits per heavy atom. The van der Waals surface area contributed by atoms with E-state index in [1.54, 1.807) is 12.4 Å². The maximum absolute atomic E-state index is 9.24. The summed E-state index contributed by atoms with van der Waals surface area (Å²) in [5.74, 6) is 1.15. The van der Waals surface area contributed by atoms with E-state index in [1.165, 1.54) is 0 Å². The third kappa shape index (κ3) is 1.39. The molecule has 0 bridgehead atoms. The van der Waals surface area contributed by atoms with Crippen LogP contribution in [0.3, 0.4) is 0 Å². The van der Waals surface area contributed by atoms with Gasteiger partial charge in [0.05, 0.1) is 6.10 Å². The molecule has 78 valence electrons. The minimum Gasteiger partial charge on any atom is -0.393 e. The molecule has 5 nitrogen and oxygen atoms in total. The van der Waals surface area contributed by atoms with Crippen LogP contribution in [0, 0.1) is 0 Å². The molecule has 0 spiro atoms. The summed E-state index contributed by atoms with van der Waals surface area (Å²) < 4.78 is 1.82. The first kappa shape index (κ1) is 9.06. The molecule has 0 atom stereocenters. The lowest BCUT2D eigenvalue weighted by molar-refractivity contribution is 0.0713.